The smallest absolute Gasteiger partial charge is 0.348 e. The van der Waals surface area contributed by atoms with Crippen molar-refractivity contribution in [1.82, 2.24) is 4.90 Å². The summed E-state index contributed by atoms with van der Waals surface area (Å²) in [6.07, 6.45) is 0.240. The number of esters is 1. The van der Waals surface area contributed by atoms with Gasteiger partial charge in [-0.3, -0.25) is 14.5 Å². The van der Waals surface area contributed by atoms with Crippen molar-refractivity contribution >= 4 is 17.8 Å². The first kappa shape index (κ1) is 15.4. The van der Waals surface area contributed by atoms with Crippen molar-refractivity contribution in [1.29, 1.82) is 5.26 Å². The fourth-order valence-corrected chi connectivity index (χ4v) is 2.26. The topological polar surface area (TPSA) is 87.5 Å². The molecule has 0 aliphatic carbocycles. The maximum Gasteiger partial charge on any atom is 0.348 e. The van der Waals surface area contributed by atoms with Crippen LogP contribution in [0.2, 0.25) is 0 Å². The molecule has 6 nitrogen and oxygen atoms in total. The van der Waals surface area contributed by atoms with E-state index < -0.39 is 5.97 Å². The zero-order valence-electron chi connectivity index (χ0n) is 12.3. The monoisotopic (exact) mass is 298 g/mol. The number of nitriles is 1. The van der Waals surface area contributed by atoms with Crippen molar-refractivity contribution in [2.75, 3.05) is 13.7 Å². The lowest BCUT2D eigenvalue weighted by Gasteiger charge is -2.14. The summed E-state index contributed by atoms with van der Waals surface area (Å²) in [6.45, 7) is 1.72. The second-order valence-electron chi connectivity index (χ2n) is 4.82. The number of imide groups is 1. The van der Waals surface area contributed by atoms with Crippen LogP contribution in [0.5, 0.6) is 0 Å². The molecule has 0 saturated carbocycles. The number of amides is 2. The van der Waals surface area contributed by atoms with E-state index in [9.17, 15) is 14.4 Å². The maximum absolute atomic E-state index is 12.2. The number of benzene rings is 1. The van der Waals surface area contributed by atoms with Crippen molar-refractivity contribution in [3.05, 3.63) is 46.5 Å². The quantitative estimate of drug-likeness (QED) is 0.365. The Kier molecular flexibility index (Phi) is 4.37. The summed E-state index contributed by atoms with van der Waals surface area (Å²) in [7, 11) is 1.19. The van der Waals surface area contributed by atoms with Crippen LogP contribution >= 0.6 is 0 Å². The lowest BCUT2D eigenvalue weighted by molar-refractivity contribution is -0.135. The highest BCUT2D eigenvalue weighted by molar-refractivity contribution is 6.21. The Balaban J connectivity index is 2.16. The number of nitrogens with zero attached hydrogens (tertiary/aromatic N) is 2. The standard InChI is InChI=1S/C16H14N2O4/c1-10(13(9-17)16(21)22-2)7-8-18-14(19)11-5-3-4-6-12(11)15(18)20/h3-6H,7-8H2,1-2H3/b13-10+. The van der Waals surface area contributed by atoms with E-state index in [1.807, 2.05) is 0 Å². The number of carbonyl (C=O) groups is 3. The number of methoxy groups -OCH3 is 1. The first-order valence-corrected chi connectivity index (χ1v) is 6.64. The first-order valence-electron chi connectivity index (χ1n) is 6.64. The van der Waals surface area contributed by atoms with Crippen LogP contribution in [0.25, 0.3) is 0 Å². The Hall–Kier alpha value is -2.94. The minimum Gasteiger partial charge on any atom is -0.465 e. The number of hydrogen-bond acceptors (Lipinski definition) is 5. The van der Waals surface area contributed by atoms with Gasteiger partial charge in [0.15, 0.2) is 0 Å². The third kappa shape index (κ3) is 2.61. The molecule has 0 unspecified atom stereocenters. The fourth-order valence-electron chi connectivity index (χ4n) is 2.26. The minimum atomic E-state index is -0.720. The first-order chi connectivity index (χ1) is 10.5. The molecule has 0 N–H and O–H groups in total. The molecule has 1 aromatic rings. The van der Waals surface area contributed by atoms with E-state index in [1.165, 1.54) is 7.11 Å². The van der Waals surface area contributed by atoms with Gasteiger partial charge >= 0.3 is 5.97 Å². The molecule has 0 atom stereocenters. The van der Waals surface area contributed by atoms with E-state index in [0.717, 1.165) is 4.90 Å². The molecule has 0 aromatic heterocycles. The predicted octanol–water partition coefficient (Wildman–Crippen LogP) is 1.69. The van der Waals surface area contributed by atoms with Gasteiger partial charge < -0.3 is 4.74 Å². The molecule has 0 bridgehead atoms. The minimum absolute atomic E-state index is 0.0980. The van der Waals surface area contributed by atoms with Crippen LogP contribution in [-0.4, -0.2) is 36.3 Å². The van der Waals surface area contributed by atoms with Gasteiger partial charge in [-0.1, -0.05) is 12.1 Å². The second kappa shape index (κ2) is 6.22. The van der Waals surface area contributed by atoms with Crippen LogP contribution in [0.15, 0.2) is 35.4 Å². The molecule has 1 aromatic carbocycles. The summed E-state index contributed by atoms with van der Waals surface area (Å²) in [5, 5.41) is 8.98. The largest absolute Gasteiger partial charge is 0.465 e. The molecule has 0 fully saturated rings. The van der Waals surface area contributed by atoms with Gasteiger partial charge in [0.05, 0.1) is 18.2 Å². The molecular formula is C16H14N2O4. The molecule has 1 aliphatic heterocycles. The van der Waals surface area contributed by atoms with E-state index in [2.05, 4.69) is 4.74 Å². The lowest BCUT2D eigenvalue weighted by atomic mass is 10.1. The summed E-state index contributed by atoms with van der Waals surface area (Å²) in [6, 6.07) is 8.39. The maximum atomic E-state index is 12.2. The number of rotatable bonds is 4. The van der Waals surface area contributed by atoms with Crippen LogP contribution in [0, 0.1) is 11.3 Å². The van der Waals surface area contributed by atoms with Crippen LogP contribution in [0.1, 0.15) is 34.1 Å². The van der Waals surface area contributed by atoms with Gasteiger partial charge in [-0.25, -0.2) is 4.79 Å². The summed E-state index contributed by atoms with van der Waals surface area (Å²) < 4.78 is 4.52. The number of hydrogen-bond donors (Lipinski definition) is 0. The van der Waals surface area contributed by atoms with E-state index in [-0.39, 0.29) is 30.4 Å². The zero-order valence-corrected chi connectivity index (χ0v) is 12.3. The van der Waals surface area contributed by atoms with Gasteiger partial charge in [0.1, 0.15) is 11.6 Å². The van der Waals surface area contributed by atoms with Crippen molar-refractivity contribution < 1.29 is 19.1 Å². The fraction of sp³-hybridized carbons (Fsp3) is 0.250. The van der Waals surface area contributed by atoms with Crippen molar-refractivity contribution in [3.63, 3.8) is 0 Å². The highest BCUT2D eigenvalue weighted by Gasteiger charge is 2.34. The van der Waals surface area contributed by atoms with Crippen LogP contribution in [0.4, 0.5) is 0 Å². The SMILES string of the molecule is COC(=O)/C(C#N)=C(\C)CCN1C(=O)c2ccccc2C1=O. The molecule has 1 aliphatic rings. The number of fused-ring (bicyclic) bond motifs is 1. The van der Waals surface area contributed by atoms with Gasteiger partial charge in [0, 0.05) is 6.54 Å². The normalized spacial score (nSPS) is 14.3. The molecule has 0 spiro atoms. The van der Waals surface area contributed by atoms with Gasteiger partial charge in [0.2, 0.25) is 0 Å². The van der Waals surface area contributed by atoms with Gasteiger partial charge in [0.25, 0.3) is 11.8 Å². The molecule has 1 heterocycles. The molecule has 112 valence electrons. The molecule has 2 amide bonds. The molecule has 0 radical (unpaired) electrons. The summed E-state index contributed by atoms with van der Waals surface area (Å²) in [4.78, 5) is 36.9. The molecule has 6 heteroatoms. The van der Waals surface area contributed by atoms with Crippen molar-refractivity contribution in [2.45, 2.75) is 13.3 Å². The summed E-state index contributed by atoms with van der Waals surface area (Å²) in [5.41, 5.74) is 1.13. The van der Waals surface area contributed by atoms with Crippen LogP contribution in [-0.2, 0) is 9.53 Å². The van der Waals surface area contributed by atoms with E-state index in [4.69, 9.17) is 5.26 Å². The van der Waals surface area contributed by atoms with E-state index in [1.54, 1.807) is 37.3 Å². The average molecular weight is 298 g/mol. The lowest BCUT2D eigenvalue weighted by Crippen LogP contribution is -2.31. The van der Waals surface area contributed by atoms with Gasteiger partial charge in [-0.15, -0.1) is 0 Å². The Labute approximate surface area is 127 Å². The number of carbonyl (C=O) groups excluding carboxylic acids is 3. The van der Waals surface area contributed by atoms with E-state index >= 15 is 0 Å². The third-order valence-corrected chi connectivity index (χ3v) is 3.52. The Morgan fingerprint density at radius 1 is 1.23 bits per heavy atom. The van der Waals surface area contributed by atoms with Crippen LogP contribution < -0.4 is 0 Å². The third-order valence-electron chi connectivity index (χ3n) is 3.52. The Morgan fingerprint density at radius 3 is 2.23 bits per heavy atom. The van der Waals surface area contributed by atoms with E-state index in [0.29, 0.717) is 16.7 Å². The van der Waals surface area contributed by atoms with Crippen molar-refractivity contribution in [3.8, 4) is 6.07 Å². The Bertz CT molecular complexity index is 693. The molecular weight excluding hydrogens is 284 g/mol. The molecule has 22 heavy (non-hydrogen) atoms. The second-order valence-corrected chi connectivity index (χ2v) is 4.82. The Morgan fingerprint density at radius 2 is 1.77 bits per heavy atom. The molecule has 2 rings (SSSR count). The zero-order chi connectivity index (χ0) is 16.3. The van der Waals surface area contributed by atoms with Crippen molar-refractivity contribution in [2.24, 2.45) is 0 Å². The van der Waals surface area contributed by atoms with Crippen LogP contribution in [0.3, 0.4) is 0 Å². The summed E-state index contributed by atoms with van der Waals surface area (Å²) >= 11 is 0. The van der Waals surface area contributed by atoms with Gasteiger partial charge in [-0.05, 0) is 31.1 Å². The average Bonchev–Trinajstić information content (AvgIpc) is 2.78. The number of ether oxygens (including phenoxy) is 1. The highest BCUT2D eigenvalue weighted by Crippen LogP contribution is 2.23. The van der Waals surface area contributed by atoms with Gasteiger partial charge in [-0.2, -0.15) is 5.26 Å². The summed E-state index contributed by atoms with van der Waals surface area (Å²) in [5.74, 6) is -1.43. The predicted molar refractivity (Wildman–Crippen MR) is 76.8 cm³/mol. The molecule has 0 saturated heterocycles. The highest BCUT2D eigenvalue weighted by atomic mass is 16.5.